The molecule has 0 saturated carbocycles. The van der Waals surface area contributed by atoms with Crippen LogP contribution in [0.1, 0.15) is 11.1 Å². The SMILES string of the molecule is COc1ccc2ccccc2c1-c1c(C#N)c(N)[nH]c(=O)c1C#N. The molecular weight excluding hydrogens is 304 g/mol. The zero-order valence-corrected chi connectivity index (χ0v) is 12.8. The average Bonchev–Trinajstić information content (AvgIpc) is 2.60. The molecule has 3 N–H and O–H groups in total. The van der Waals surface area contributed by atoms with E-state index in [4.69, 9.17) is 10.5 Å². The summed E-state index contributed by atoms with van der Waals surface area (Å²) in [6, 6.07) is 14.9. The predicted octanol–water partition coefficient (Wildman–Crippen LogP) is 2.53. The van der Waals surface area contributed by atoms with E-state index in [0.717, 1.165) is 10.8 Å². The first kappa shape index (κ1) is 15.1. The zero-order valence-electron chi connectivity index (χ0n) is 12.8. The largest absolute Gasteiger partial charge is 0.496 e. The van der Waals surface area contributed by atoms with E-state index in [9.17, 15) is 15.3 Å². The fourth-order valence-corrected chi connectivity index (χ4v) is 2.77. The molecule has 0 unspecified atom stereocenters. The Morgan fingerprint density at radius 3 is 2.42 bits per heavy atom. The quantitative estimate of drug-likeness (QED) is 0.753. The van der Waals surface area contributed by atoms with Gasteiger partial charge < -0.3 is 15.5 Å². The van der Waals surface area contributed by atoms with E-state index in [2.05, 4.69) is 4.98 Å². The summed E-state index contributed by atoms with van der Waals surface area (Å²) in [5.41, 5.74) is 5.72. The van der Waals surface area contributed by atoms with Crippen LogP contribution >= 0.6 is 0 Å². The number of aromatic nitrogens is 1. The second-order valence-corrected chi connectivity index (χ2v) is 5.08. The molecule has 0 atom stereocenters. The first-order chi connectivity index (χ1) is 11.6. The van der Waals surface area contributed by atoms with Crippen molar-refractivity contribution in [1.29, 1.82) is 10.5 Å². The lowest BCUT2D eigenvalue weighted by Gasteiger charge is -2.15. The van der Waals surface area contributed by atoms with Crippen LogP contribution in [0.2, 0.25) is 0 Å². The number of nitrogen functional groups attached to an aromatic ring is 1. The van der Waals surface area contributed by atoms with E-state index in [1.165, 1.54) is 7.11 Å². The summed E-state index contributed by atoms with van der Waals surface area (Å²) >= 11 is 0. The number of hydrogen-bond acceptors (Lipinski definition) is 5. The average molecular weight is 316 g/mol. The summed E-state index contributed by atoms with van der Waals surface area (Å²) in [5.74, 6) is 0.373. The topological polar surface area (TPSA) is 116 Å². The van der Waals surface area contributed by atoms with Gasteiger partial charge in [-0.1, -0.05) is 30.3 Å². The number of aromatic amines is 1. The van der Waals surface area contributed by atoms with Crippen LogP contribution in [0.4, 0.5) is 5.82 Å². The van der Waals surface area contributed by atoms with Crippen molar-refractivity contribution < 1.29 is 4.74 Å². The summed E-state index contributed by atoms with van der Waals surface area (Å²) in [4.78, 5) is 14.5. The maximum atomic E-state index is 12.2. The summed E-state index contributed by atoms with van der Waals surface area (Å²) in [6.45, 7) is 0. The molecule has 0 radical (unpaired) electrons. The van der Waals surface area contributed by atoms with Crippen molar-refractivity contribution in [1.82, 2.24) is 4.98 Å². The molecule has 1 aromatic heterocycles. The lowest BCUT2D eigenvalue weighted by Crippen LogP contribution is -2.16. The van der Waals surface area contributed by atoms with Gasteiger partial charge in [0.05, 0.1) is 7.11 Å². The minimum absolute atomic E-state index is 0.0424. The molecule has 0 aliphatic carbocycles. The molecular formula is C18H12N4O2. The molecule has 1 heterocycles. The first-order valence-electron chi connectivity index (χ1n) is 7.04. The highest BCUT2D eigenvalue weighted by Crippen LogP contribution is 2.40. The molecule has 0 bridgehead atoms. The highest BCUT2D eigenvalue weighted by atomic mass is 16.5. The van der Waals surface area contributed by atoms with Crippen LogP contribution in [0.3, 0.4) is 0 Å². The second kappa shape index (κ2) is 5.79. The maximum Gasteiger partial charge on any atom is 0.268 e. The fourth-order valence-electron chi connectivity index (χ4n) is 2.77. The smallest absolute Gasteiger partial charge is 0.268 e. The van der Waals surface area contributed by atoms with E-state index in [1.54, 1.807) is 6.07 Å². The summed E-state index contributed by atoms with van der Waals surface area (Å²) in [5, 5.41) is 20.6. The summed E-state index contributed by atoms with van der Waals surface area (Å²) in [7, 11) is 1.49. The van der Waals surface area contributed by atoms with Gasteiger partial charge in [-0.25, -0.2) is 0 Å². The molecule has 0 aliphatic rings. The van der Waals surface area contributed by atoms with Crippen molar-refractivity contribution in [2.75, 3.05) is 12.8 Å². The Balaban J connectivity index is 2.61. The van der Waals surface area contributed by atoms with Crippen molar-refractivity contribution >= 4 is 16.6 Å². The Morgan fingerprint density at radius 2 is 1.75 bits per heavy atom. The van der Waals surface area contributed by atoms with E-state index in [1.807, 2.05) is 42.5 Å². The van der Waals surface area contributed by atoms with Gasteiger partial charge in [0.15, 0.2) is 0 Å². The van der Waals surface area contributed by atoms with Gasteiger partial charge >= 0.3 is 0 Å². The van der Waals surface area contributed by atoms with Crippen LogP contribution in [-0.2, 0) is 0 Å². The van der Waals surface area contributed by atoms with Crippen LogP contribution in [0.25, 0.3) is 21.9 Å². The van der Waals surface area contributed by atoms with Gasteiger partial charge in [-0.15, -0.1) is 0 Å². The van der Waals surface area contributed by atoms with Gasteiger partial charge in [-0.2, -0.15) is 10.5 Å². The number of pyridine rings is 1. The lowest BCUT2D eigenvalue weighted by molar-refractivity contribution is 0.417. The number of fused-ring (bicyclic) bond motifs is 1. The molecule has 6 heteroatoms. The third-order valence-corrected chi connectivity index (χ3v) is 3.83. The molecule has 0 saturated heterocycles. The lowest BCUT2D eigenvalue weighted by atomic mass is 9.91. The Morgan fingerprint density at radius 1 is 1.04 bits per heavy atom. The number of ether oxygens (including phenoxy) is 1. The Hall–Kier alpha value is -3.77. The third kappa shape index (κ3) is 2.15. The fraction of sp³-hybridized carbons (Fsp3) is 0.0556. The zero-order chi connectivity index (χ0) is 17.3. The minimum atomic E-state index is -0.640. The number of methoxy groups -OCH3 is 1. The van der Waals surface area contributed by atoms with E-state index >= 15 is 0 Å². The predicted molar refractivity (Wildman–Crippen MR) is 90.4 cm³/mol. The molecule has 24 heavy (non-hydrogen) atoms. The molecule has 116 valence electrons. The van der Waals surface area contributed by atoms with Crippen molar-refractivity contribution in [3.8, 4) is 29.0 Å². The number of rotatable bonds is 2. The van der Waals surface area contributed by atoms with Crippen molar-refractivity contribution in [3.63, 3.8) is 0 Å². The molecule has 3 aromatic rings. The van der Waals surface area contributed by atoms with Crippen LogP contribution in [0, 0.1) is 22.7 Å². The molecule has 0 aliphatic heterocycles. The van der Waals surface area contributed by atoms with Crippen LogP contribution in [-0.4, -0.2) is 12.1 Å². The number of nitrogens with two attached hydrogens (primary N) is 1. The molecule has 0 amide bonds. The Bertz CT molecular complexity index is 1100. The number of hydrogen-bond donors (Lipinski definition) is 2. The number of nitriles is 2. The standard InChI is InChI=1S/C18H12N4O2/c1-24-14-7-6-10-4-2-3-5-11(10)16(14)15-12(8-19)17(21)22-18(23)13(15)9-20/h2-7H,1H3,(H3,21,22,23). The van der Waals surface area contributed by atoms with Gasteiger partial charge in [-0.05, 0) is 16.8 Å². The highest BCUT2D eigenvalue weighted by molar-refractivity contribution is 6.02. The number of benzene rings is 2. The van der Waals surface area contributed by atoms with Crippen LogP contribution in [0.5, 0.6) is 5.75 Å². The maximum absolute atomic E-state index is 12.2. The monoisotopic (exact) mass is 316 g/mol. The van der Waals surface area contributed by atoms with Gasteiger partial charge in [0.25, 0.3) is 5.56 Å². The van der Waals surface area contributed by atoms with Gasteiger partial charge in [0.1, 0.15) is 34.8 Å². The number of nitrogens with zero attached hydrogens (tertiary/aromatic N) is 2. The van der Waals surface area contributed by atoms with E-state index in [0.29, 0.717) is 11.3 Å². The molecule has 6 nitrogen and oxygen atoms in total. The van der Waals surface area contributed by atoms with Crippen molar-refractivity contribution in [2.45, 2.75) is 0 Å². The van der Waals surface area contributed by atoms with Crippen LogP contribution in [0.15, 0.2) is 41.2 Å². The van der Waals surface area contributed by atoms with Crippen molar-refractivity contribution in [2.24, 2.45) is 0 Å². The Kier molecular flexibility index (Phi) is 3.65. The van der Waals surface area contributed by atoms with Gasteiger partial charge in [0.2, 0.25) is 0 Å². The Labute approximate surface area is 137 Å². The molecule has 0 spiro atoms. The van der Waals surface area contributed by atoms with E-state index < -0.39 is 5.56 Å². The van der Waals surface area contributed by atoms with Crippen LogP contribution < -0.4 is 16.0 Å². The molecule has 3 rings (SSSR count). The minimum Gasteiger partial charge on any atom is -0.496 e. The second-order valence-electron chi connectivity index (χ2n) is 5.08. The number of anilines is 1. The van der Waals surface area contributed by atoms with E-state index in [-0.39, 0.29) is 22.5 Å². The van der Waals surface area contributed by atoms with Crippen molar-refractivity contribution in [3.05, 3.63) is 57.9 Å². The number of H-pyrrole nitrogens is 1. The molecule has 2 aromatic carbocycles. The third-order valence-electron chi connectivity index (χ3n) is 3.83. The normalized spacial score (nSPS) is 10.1. The molecule has 0 fully saturated rings. The van der Waals surface area contributed by atoms with Gasteiger partial charge in [-0.3, -0.25) is 4.79 Å². The first-order valence-corrected chi connectivity index (χ1v) is 7.04. The summed E-state index contributed by atoms with van der Waals surface area (Å²) < 4.78 is 5.41. The summed E-state index contributed by atoms with van der Waals surface area (Å²) in [6.07, 6.45) is 0. The van der Waals surface area contributed by atoms with Gasteiger partial charge in [0, 0.05) is 11.1 Å². The number of nitrogens with one attached hydrogen (secondary N) is 1. The highest BCUT2D eigenvalue weighted by Gasteiger charge is 2.22.